The molecule has 0 aromatic heterocycles. The molecule has 1 unspecified atom stereocenters. The molecule has 3 rings (SSSR count). The van der Waals surface area contributed by atoms with Gasteiger partial charge in [0, 0.05) is 11.6 Å². The van der Waals surface area contributed by atoms with Crippen molar-refractivity contribution in [2.75, 3.05) is 6.54 Å². The minimum atomic E-state index is -4.92. The number of benzene rings is 3. The lowest BCUT2D eigenvalue weighted by atomic mass is 10.0. The van der Waals surface area contributed by atoms with Gasteiger partial charge in [-0.3, -0.25) is 4.79 Å². The SMILES string of the molecule is NC(=O)C(c1ccccc1)N(CCc1ccc(F)c(C(F)(F)F)c1)S(=O)(=O)c1ccc(Cl)cc1. The predicted octanol–water partition coefficient (Wildman–Crippen LogP) is 4.96. The molecule has 0 heterocycles. The monoisotopic (exact) mass is 514 g/mol. The largest absolute Gasteiger partial charge is 0.419 e. The highest BCUT2D eigenvalue weighted by atomic mass is 35.5. The summed E-state index contributed by atoms with van der Waals surface area (Å²) in [5.41, 5.74) is 4.42. The van der Waals surface area contributed by atoms with Gasteiger partial charge in [-0.15, -0.1) is 0 Å². The Morgan fingerprint density at radius 3 is 2.18 bits per heavy atom. The Bertz CT molecular complexity index is 1270. The molecule has 5 nitrogen and oxygen atoms in total. The zero-order chi connectivity index (χ0) is 25.1. The van der Waals surface area contributed by atoms with Crippen LogP contribution in [0.5, 0.6) is 0 Å². The van der Waals surface area contributed by atoms with Gasteiger partial charge in [-0.05, 0) is 53.9 Å². The van der Waals surface area contributed by atoms with Crippen molar-refractivity contribution in [3.63, 3.8) is 0 Å². The minimum absolute atomic E-state index is 0.0290. The molecule has 0 spiro atoms. The second kappa shape index (κ2) is 10.1. The molecule has 0 bridgehead atoms. The summed E-state index contributed by atoms with van der Waals surface area (Å²) >= 11 is 5.85. The number of carbonyl (C=O) groups excluding carboxylic acids is 1. The molecule has 1 atom stereocenters. The second-order valence-corrected chi connectivity index (χ2v) is 9.67. The molecule has 2 N–H and O–H groups in total. The zero-order valence-electron chi connectivity index (χ0n) is 17.5. The number of rotatable bonds is 8. The first-order chi connectivity index (χ1) is 15.9. The van der Waals surface area contributed by atoms with E-state index >= 15 is 0 Å². The van der Waals surface area contributed by atoms with E-state index in [1.165, 1.54) is 36.4 Å². The van der Waals surface area contributed by atoms with Crippen LogP contribution in [0.4, 0.5) is 17.6 Å². The van der Waals surface area contributed by atoms with E-state index in [4.69, 9.17) is 17.3 Å². The van der Waals surface area contributed by atoms with Gasteiger partial charge in [-0.2, -0.15) is 17.5 Å². The van der Waals surface area contributed by atoms with E-state index < -0.39 is 46.1 Å². The normalized spacial score (nSPS) is 13.1. The van der Waals surface area contributed by atoms with Gasteiger partial charge in [-0.25, -0.2) is 12.8 Å². The third kappa shape index (κ3) is 5.75. The third-order valence-corrected chi connectivity index (χ3v) is 7.18. The first kappa shape index (κ1) is 25.7. The number of primary amides is 1. The number of sulfonamides is 1. The molecule has 34 heavy (non-hydrogen) atoms. The fourth-order valence-electron chi connectivity index (χ4n) is 3.42. The molecule has 0 saturated heterocycles. The lowest BCUT2D eigenvalue weighted by Crippen LogP contribution is -2.42. The molecular formula is C23H19ClF4N2O3S. The maximum atomic E-state index is 13.7. The quantitative estimate of drug-likeness (QED) is 0.432. The summed E-state index contributed by atoms with van der Waals surface area (Å²) in [7, 11) is -4.35. The van der Waals surface area contributed by atoms with Gasteiger partial charge in [0.05, 0.1) is 10.5 Å². The van der Waals surface area contributed by atoms with E-state index in [0.717, 1.165) is 10.4 Å². The van der Waals surface area contributed by atoms with Crippen molar-refractivity contribution >= 4 is 27.5 Å². The van der Waals surface area contributed by atoms with Crippen molar-refractivity contribution in [3.05, 3.63) is 100 Å². The predicted molar refractivity (Wildman–Crippen MR) is 119 cm³/mol. The van der Waals surface area contributed by atoms with E-state index in [1.54, 1.807) is 18.2 Å². The average molecular weight is 515 g/mol. The maximum Gasteiger partial charge on any atom is 0.419 e. The van der Waals surface area contributed by atoms with Crippen LogP contribution in [0.1, 0.15) is 22.7 Å². The molecule has 0 aliphatic rings. The summed E-state index contributed by atoms with van der Waals surface area (Å²) in [6, 6.07) is 14.0. The second-order valence-electron chi connectivity index (χ2n) is 7.35. The smallest absolute Gasteiger partial charge is 0.368 e. The molecule has 3 aromatic carbocycles. The molecule has 0 aliphatic carbocycles. The van der Waals surface area contributed by atoms with Crippen LogP contribution in [0.25, 0.3) is 0 Å². The Labute approximate surface area is 198 Å². The first-order valence-corrected chi connectivity index (χ1v) is 11.7. The molecule has 0 aliphatic heterocycles. The van der Waals surface area contributed by atoms with Gasteiger partial charge in [-0.1, -0.05) is 48.0 Å². The molecule has 0 radical (unpaired) electrons. The Morgan fingerprint density at radius 2 is 1.62 bits per heavy atom. The maximum absolute atomic E-state index is 13.7. The topological polar surface area (TPSA) is 80.5 Å². The van der Waals surface area contributed by atoms with Crippen LogP contribution in [-0.2, 0) is 27.4 Å². The summed E-state index contributed by atoms with van der Waals surface area (Å²) in [5, 5.41) is 0.283. The summed E-state index contributed by atoms with van der Waals surface area (Å²) in [6.07, 6.45) is -5.16. The molecular weight excluding hydrogens is 496 g/mol. The summed E-state index contributed by atoms with van der Waals surface area (Å²) < 4.78 is 80.8. The van der Waals surface area contributed by atoms with Crippen molar-refractivity contribution in [3.8, 4) is 0 Å². The van der Waals surface area contributed by atoms with E-state index in [2.05, 4.69) is 0 Å². The van der Waals surface area contributed by atoms with Crippen LogP contribution >= 0.6 is 11.6 Å². The lowest BCUT2D eigenvalue weighted by Gasteiger charge is -2.29. The van der Waals surface area contributed by atoms with Crippen LogP contribution < -0.4 is 5.73 Å². The number of carbonyl (C=O) groups is 1. The van der Waals surface area contributed by atoms with Gasteiger partial charge < -0.3 is 5.73 Å². The van der Waals surface area contributed by atoms with Crippen LogP contribution in [0, 0.1) is 5.82 Å². The molecule has 11 heteroatoms. The number of nitrogens with zero attached hydrogens (tertiary/aromatic N) is 1. The Hall–Kier alpha value is -2.95. The standard InChI is InChI=1S/C23H19ClF4N2O3S/c24-17-7-9-18(10-8-17)34(32,33)30(21(22(29)31)16-4-2-1-3-5-16)13-12-15-6-11-20(25)19(14-15)23(26,27)28/h1-11,14,21H,12-13H2,(H2,29,31). The van der Waals surface area contributed by atoms with Crippen LogP contribution in [0.15, 0.2) is 77.7 Å². The highest BCUT2D eigenvalue weighted by molar-refractivity contribution is 7.89. The molecule has 3 aromatic rings. The lowest BCUT2D eigenvalue weighted by molar-refractivity contribution is -0.140. The van der Waals surface area contributed by atoms with Crippen molar-refractivity contribution in [1.82, 2.24) is 4.31 Å². The number of hydrogen-bond donors (Lipinski definition) is 1. The molecule has 1 amide bonds. The summed E-state index contributed by atoms with van der Waals surface area (Å²) in [4.78, 5) is 12.2. The number of nitrogens with two attached hydrogens (primary N) is 1. The number of halogens is 5. The van der Waals surface area contributed by atoms with E-state index in [-0.39, 0.29) is 27.5 Å². The van der Waals surface area contributed by atoms with Gasteiger partial charge in [0.1, 0.15) is 11.9 Å². The fourth-order valence-corrected chi connectivity index (χ4v) is 5.13. The number of amides is 1. The van der Waals surface area contributed by atoms with Crippen molar-refractivity contribution in [1.29, 1.82) is 0 Å². The summed E-state index contributed by atoms with van der Waals surface area (Å²) in [5.74, 6) is -2.42. The van der Waals surface area contributed by atoms with Gasteiger partial charge in [0.15, 0.2) is 0 Å². The average Bonchev–Trinajstić information content (AvgIpc) is 2.77. The zero-order valence-corrected chi connectivity index (χ0v) is 19.0. The first-order valence-electron chi connectivity index (χ1n) is 9.88. The Kier molecular flexibility index (Phi) is 7.64. The Balaban J connectivity index is 2.05. The molecule has 0 fully saturated rings. The Morgan fingerprint density at radius 1 is 1.00 bits per heavy atom. The van der Waals surface area contributed by atoms with E-state index in [9.17, 15) is 30.8 Å². The fraction of sp³-hybridized carbons (Fsp3) is 0.174. The summed E-state index contributed by atoms with van der Waals surface area (Å²) in [6.45, 7) is -0.406. The molecule has 0 saturated carbocycles. The van der Waals surface area contributed by atoms with Crippen LogP contribution in [0.3, 0.4) is 0 Å². The van der Waals surface area contributed by atoms with Gasteiger partial charge in [0.25, 0.3) is 0 Å². The molecule has 180 valence electrons. The van der Waals surface area contributed by atoms with E-state index in [1.807, 2.05) is 0 Å². The minimum Gasteiger partial charge on any atom is -0.368 e. The highest BCUT2D eigenvalue weighted by Gasteiger charge is 2.37. The van der Waals surface area contributed by atoms with Crippen LogP contribution in [-0.4, -0.2) is 25.2 Å². The van der Waals surface area contributed by atoms with Gasteiger partial charge >= 0.3 is 6.18 Å². The highest BCUT2D eigenvalue weighted by Crippen LogP contribution is 2.33. The third-order valence-electron chi connectivity index (χ3n) is 5.05. The van der Waals surface area contributed by atoms with Crippen LogP contribution in [0.2, 0.25) is 5.02 Å². The van der Waals surface area contributed by atoms with Crippen molar-refractivity contribution in [2.45, 2.75) is 23.5 Å². The van der Waals surface area contributed by atoms with Crippen molar-refractivity contribution < 1.29 is 30.8 Å². The van der Waals surface area contributed by atoms with E-state index in [0.29, 0.717) is 12.1 Å². The van der Waals surface area contributed by atoms with Crippen molar-refractivity contribution in [2.24, 2.45) is 5.73 Å². The number of alkyl halides is 3. The number of hydrogen-bond acceptors (Lipinski definition) is 3. The van der Waals surface area contributed by atoms with Gasteiger partial charge in [0.2, 0.25) is 15.9 Å².